The molecule has 330 valence electrons. The second-order valence-corrected chi connectivity index (χ2v) is 16.9. The van der Waals surface area contributed by atoms with E-state index in [1.807, 2.05) is 25.6 Å². The minimum absolute atomic E-state index is 0.0205. The number of thioether (sulfide) groups is 1. The van der Waals surface area contributed by atoms with Crippen LogP contribution in [-0.4, -0.2) is 120 Å². The van der Waals surface area contributed by atoms with Crippen LogP contribution in [0.15, 0.2) is 30.6 Å². The lowest BCUT2D eigenvalue weighted by Gasteiger charge is -2.17. The SMILES string of the molecule is CC(C)NC(=O)C(Cl)CC(C)C(=O)OCc1cc(OCc2cn(CCCNC(=O)CCCCC3SCC4NC(=O)NC43)nn2)cc(OCc2cn(CCOCCO)nn2)c1. The first kappa shape index (κ1) is 46.4. The second-order valence-electron chi connectivity index (χ2n) is 15.1. The molecule has 1 aromatic carbocycles. The van der Waals surface area contributed by atoms with Gasteiger partial charge in [0.15, 0.2) is 0 Å². The Bertz CT molecular complexity index is 1850. The van der Waals surface area contributed by atoms with Crippen molar-refractivity contribution in [3.63, 3.8) is 0 Å². The normalized spacial score (nSPS) is 18.0. The molecule has 0 radical (unpaired) electrons. The van der Waals surface area contributed by atoms with Crippen LogP contribution in [0.3, 0.4) is 0 Å². The maximum atomic E-state index is 12.9. The molecule has 60 heavy (non-hydrogen) atoms. The van der Waals surface area contributed by atoms with Crippen molar-refractivity contribution in [2.75, 3.05) is 32.1 Å². The van der Waals surface area contributed by atoms with Gasteiger partial charge in [0, 0.05) is 42.6 Å². The van der Waals surface area contributed by atoms with Crippen molar-refractivity contribution in [3.05, 3.63) is 47.5 Å². The molecule has 4 heterocycles. The molecule has 2 fully saturated rings. The van der Waals surface area contributed by atoms with E-state index in [1.54, 1.807) is 46.9 Å². The van der Waals surface area contributed by atoms with Crippen molar-refractivity contribution in [3.8, 4) is 11.5 Å². The summed E-state index contributed by atoms with van der Waals surface area (Å²) in [7, 11) is 0. The highest BCUT2D eigenvalue weighted by Gasteiger charge is 2.42. The zero-order chi connectivity index (χ0) is 42.9. The fraction of sp³-hybridized carbons (Fsp3) is 0.641. The summed E-state index contributed by atoms with van der Waals surface area (Å²) in [4.78, 5) is 49.2. The highest BCUT2D eigenvalue weighted by molar-refractivity contribution is 8.00. The number of halogens is 1. The smallest absolute Gasteiger partial charge is 0.315 e. The Balaban J connectivity index is 1.07. The number of aryl methyl sites for hydroxylation is 1. The van der Waals surface area contributed by atoms with Crippen LogP contribution in [0.5, 0.6) is 11.5 Å². The molecule has 4 amide bonds. The molecule has 5 rings (SSSR count). The van der Waals surface area contributed by atoms with Gasteiger partial charge in [-0.05, 0) is 57.2 Å². The van der Waals surface area contributed by atoms with Gasteiger partial charge in [0.25, 0.3) is 0 Å². The zero-order valence-electron chi connectivity index (χ0n) is 34.3. The van der Waals surface area contributed by atoms with Crippen molar-refractivity contribution in [2.24, 2.45) is 5.92 Å². The molecule has 0 bridgehead atoms. The number of carbonyl (C=O) groups is 4. The second kappa shape index (κ2) is 24.0. The molecule has 5 N–H and O–H groups in total. The van der Waals surface area contributed by atoms with Gasteiger partial charge in [0.05, 0.1) is 56.8 Å². The summed E-state index contributed by atoms with van der Waals surface area (Å²) in [6.45, 7) is 7.53. The number of urea groups is 1. The Morgan fingerprint density at radius 1 is 0.950 bits per heavy atom. The summed E-state index contributed by atoms with van der Waals surface area (Å²) in [5, 5.41) is 36.8. The first-order valence-corrected chi connectivity index (χ1v) is 21.9. The van der Waals surface area contributed by atoms with E-state index in [0.717, 1.165) is 25.0 Å². The van der Waals surface area contributed by atoms with Gasteiger partial charge in [0.2, 0.25) is 11.8 Å². The maximum Gasteiger partial charge on any atom is 0.315 e. The number of carbonyl (C=O) groups excluding carboxylic acids is 4. The van der Waals surface area contributed by atoms with Gasteiger partial charge in [0.1, 0.15) is 48.1 Å². The number of unbranched alkanes of at least 4 members (excludes halogenated alkanes) is 1. The molecular formula is C39H57ClN10O9S. The molecular weight excluding hydrogens is 820 g/mol. The minimum Gasteiger partial charge on any atom is -0.487 e. The van der Waals surface area contributed by atoms with Crippen LogP contribution in [0.25, 0.3) is 0 Å². The van der Waals surface area contributed by atoms with E-state index < -0.39 is 17.3 Å². The largest absolute Gasteiger partial charge is 0.487 e. The van der Waals surface area contributed by atoms with Crippen LogP contribution >= 0.6 is 23.4 Å². The Labute approximate surface area is 358 Å². The van der Waals surface area contributed by atoms with E-state index in [0.29, 0.717) is 72.8 Å². The van der Waals surface area contributed by atoms with Crippen LogP contribution in [-0.2, 0) is 56.8 Å². The fourth-order valence-electron chi connectivity index (χ4n) is 6.56. The summed E-state index contributed by atoms with van der Waals surface area (Å²) in [6.07, 6.45) is 7.48. The number of rotatable bonds is 27. The lowest BCUT2D eigenvalue weighted by molar-refractivity contribution is -0.149. The molecule has 5 atom stereocenters. The predicted molar refractivity (Wildman–Crippen MR) is 221 cm³/mol. The molecule has 2 saturated heterocycles. The molecule has 3 aromatic rings. The average molecular weight is 877 g/mol. The number of aliphatic hydroxyl groups excluding tert-OH is 1. The van der Waals surface area contributed by atoms with Crippen LogP contribution in [0.2, 0.25) is 0 Å². The number of nitrogens with one attached hydrogen (secondary N) is 4. The number of aliphatic hydroxyl groups is 1. The van der Waals surface area contributed by atoms with Gasteiger partial charge in [-0.3, -0.25) is 19.1 Å². The minimum atomic E-state index is -0.880. The van der Waals surface area contributed by atoms with E-state index >= 15 is 0 Å². The van der Waals surface area contributed by atoms with Gasteiger partial charge < -0.3 is 45.3 Å². The Kier molecular flexibility index (Phi) is 18.5. The number of esters is 1. The monoisotopic (exact) mass is 876 g/mol. The van der Waals surface area contributed by atoms with E-state index in [1.165, 1.54) is 0 Å². The first-order valence-electron chi connectivity index (χ1n) is 20.4. The number of hydrogen-bond donors (Lipinski definition) is 5. The molecule has 2 aliphatic rings. The summed E-state index contributed by atoms with van der Waals surface area (Å²) in [6, 6.07) is 5.40. The topological polar surface area (TPSA) is 235 Å². The van der Waals surface area contributed by atoms with Gasteiger partial charge in [-0.15, -0.1) is 21.8 Å². The number of alkyl halides is 1. The van der Waals surface area contributed by atoms with E-state index in [-0.39, 0.29) is 75.4 Å². The Hall–Kier alpha value is -4.66. The van der Waals surface area contributed by atoms with E-state index in [9.17, 15) is 19.2 Å². The highest BCUT2D eigenvalue weighted by Crippen LogP contribution is 2.33. The number of hydrogen-bond acceptors (Lipinski definition) is 14. The van der Waals surface area contributed by atoms with Crippen molar-refractivity contribution in [1.82, 2.24) is 51.3 Å². The maximum absolute atomic E-state index is 12.9. The average Bonchev–Trinajstić information content (AvgIpc) is 4.03. The molecule has 0 spiro atoms. The van der Waals surface area contributed by atoms with Gasteiger partial charge in [-0.1, -0.05) is 23.8 Å². The standard InChI is InChI=1S/C39H57ClN10O9S/c1-25(2)42-37(53)32(40)15-26(3)38(54)59-21-27-16-30(18-31(17-27)58-23-29-20-50(48-46-29)11-13-56-14-12-51)57-22-28-19-49(47-45-28)10-6-9-41-35(52)8-5-4-7-34-36-33(24-60-34)43-39(55)44-36/h16-20,25-26,32-34,36,51H,4-15,21-24H2,1-3H3,(H,41,52)(H,42,53)(H2,43,44,55). The summed E-state index contributed by atoms with van der Waals surface area (Å²) >= 11 is 8.14. The predicted octanol–water partition coefficient (Wildman–Crippen LogP) is 2.47. The lowest BCUT2D eigenvalue weighted by Crippen LogP contribution is -2.37. The number of aromatic nitrogens is 6. The quantitative estimate of drug-likeness (QED) is 0.0321. The van der Waals surface area contributed by atoms with Crippen molar-refractivity contribution < 1.29 is 43.2 Å². The highest BCUT2D eigenvalue weighted by atomic mass is 35.5. The molecule has 0 saturated carbocycles. The summed E-state index contributed by atoms with van der Waals surface area (Å²) < 4.78 is 26.4. The van der Waals surface area contributed by atoms with Gasteiger partial charge in [-0.25, -0.2) is 9.48 Å². The van der Waals surface area contributed by atoms with Crippen LogP contribution < -0.4 is 30.7 Å². The van der Waals surface area contributed by atoms with Crippen LogP contribution in [0.1, 0.15) is 76.2 Å². The molecule has 5 unspecified atom stereocenters. The Morgan fingerprint density at radius 2 is 1.65 bits per heavy atom. The zero-order valence-corrected chi connectivity index (χ0v) is 35.9. The third kappa shape index (κ3) is 15.4. The van der Waals surface area contributed by atoms with Crippen molar-refractivity contribution in [2.45, 2.75) is 121 Å². The summed E-state index contributed by atoms with van der Waals surface area (Å²) in [5.74, 6) is 0.353. The van der Waals surface area contributed by atoms with Gasteiger partial charge in [-0.2, -0.15) is 11.8 Å². The number of benzene rings is 1. The molecule has 21 heteroatoms. The van der Waals surface area contributed by atoms with Crippen molar-refractivity contribution in [1.29, 1.82) is 0 Å². The number of ether oxygens (including phenoxy) is 4. The third-order valence-corrected chi connectivity index (χ3v) is 11.5. The molecule has 2 aromatic heterocycles. The number of fused-ring (bicyclic) bond motifs is 1. The van der Waals surface area contributed by atoms with Crippen LogP contribution in [0.4, 0.5) is 4.79 Å². The summed E-state index contributed by atoms with van der Waals surface area (Å²) in [5.41, 5.74) is 1.76. The molecule has 2 aliphatic heterocycles. The number of nitrogens with zero attached hydrogens (tertiary/aromatic N) is 6. The Morgan fingerprint density at radius 3 is 2.33 bits per heavy atom. The molecule has 19 nitrogen and oxygen atoms in total. The first-order chi connectivity index (χ1) is 28.9. The van der Waals surface area contributed by atoms with Crippen molar-refractivity contribution >= 4 is 47.2 Å². The number of amides is 4. The third-order valence-electron chi connectivity index (χ3n) is 9.61. The fourth-order valence-corrected chi connectivity index (χ4v) is 8.44. The lowest BCUT2D eigenvalue weighted by atomic mass is 10.0. The van der Waals surface area contributed by atoms with E-state index in [4.69, 9.17) is 35.7 Å². The molecule has 0 aliphatic carbocycles. The van der Waals surface area contributed by atoms with E-state index in [2.05, 4.69) is 41.9 Å². The van der Waals surface area contributed by atoms with Gasteiger partial charge >= 0.3 is 12.0 Å². The van der Waals surface area contributed by atoms with Crippen LogP contribution in [0, 0.1) is 5.92 Å².